The molecule has 34 heavy (non-hydrogen) atoms. The number of nitrogens with one attached hydrogen (secondary N) is 2. The fourth-order valence-corrected chi connectivity index (χ4v) is 7.06. The summed E-state index contributed by atoms with van der Waals surface area (Å²) in [5.41, 5.74) is -0.532. The van der Waals surface area contributed by atoms with Crippen molar-refractivity contribution in [1.82, 2.24) is 10.2 Å². The molecule has 3 amide bonds. The highest BCUT2D eigenvalue weighted by Gasteiger charge is 2.76. The number of likely N-dealkylation sites (tertiary alicyclic amines) is 1. The van der Waals surface area contributed by atoms with E-state index in [9.17, 15) is 19.5 Å². The molecule has 3 N–H and O–H groups in total. The molecule has 2 aromatic rings. The summed E-state index contributed by atoms with van der Waals surface area (Å²) in [6.45, 7) is 1.58. The maximum atomic E-state index is 13.8. The summed E-state index contributed by atoms with van der Waals surface area (Å²) in [5, 5.41) is 17.7. The van der Waals surface area contributed by atoms with Crippen molar-refractivity contribution in [2.45, 2.75) is 48.4 Å². The van der Waals surface area contributed by atoms with Gasteiger partial charge in [0.2, 0.25) is 17.7 Å². The minimum absolute atomic E-state index is 0.163. The second-order valence-electron chi connectivity index (χ2n) is 9.32. The molecule has 3 heterocycles. The molecule has 3 fully saturated rings. The van der Waals surface area contributed by atoms with E-state index in [0.29, 0.717) is 18.5 Å². The standard InChI is InChI=1S/C25H28BrN3O5/c1-3-16(12-30)29-21(23(32)28-15-9-8-13-6-4-5-7-14(13)10-15)25-11-17(26)20(34-25)18(22(31)27-2)19(25)24(29)33/h4-10,16-21,30H,3,11-12H2,1-2H3,(H,27,31)(H,28,32)/t16-,17?,18-,19-,20-,21?,25?/m0/s1. The number of nitrogens with zero attached hydrogens (tertiary/aromatic N) is 1. The maximum absolute atomic E-state index is 13.8. The number of carbonyl (C=O) groups is 3. The number of ether oxygens (including phenoxy) is 1. The SMILES string of the molecule is CC[C@@H](CO)N1C(=O)[C@@H]2[C@H](C(=O)NC)[C@H]3OC2(CC3Br)C1C(=O)Nc1ccc2ccccc2c1. The van der Waals surface area contributed by atoms with E-state index >= 15 is 0 Å². The van der Waals surface area contributed by atoms with Crippen LogP contribution in [0.1, 0.15) is 19.8 Å². The monoisotopic (exact) mass is 529 g/mol. The van der Waals surface area contributed by atoms with Crippen LogP contribution in [0.2, 0.25) is 0 Å². The van der Waals surface area contributed by atoms with Gasteiger partial charge in [-0.1, -0.05) is 53.2 Å². The summed E-state index contributed by atoms with van der Waals surface area (Å²) in [7, 11) is 1.54. The van der Waals surface area contributed by atoms with Crippen molar-refractivity contribution in [2.75, 3.05) is 19.0 Å². The zero-order chi connectivity index (χ0) is 24.2. The molecule has 0 aliphatic carbocycles. The highest BCUT2D eigenvalue weighted by molar-refractivity contribution is 9.09. The maximum Gasteiger partial charge on any atom is 0.250 e. The van der Waals surface area contributed by atoms with Crippen LogP contribution in [0, 0.1) is 11.8 Å². The third-order valence-electron chi connectivity index (χ3n) is 7.62. The number of carbonyl (C=O) groups excluding carboxylic acids is 3. The number of rotatable bonds is 6. The smallest absolute Gasteiger partial charge is 0.250 e. The number of benzene rings is 2. The Morgan fingerprint density at radius 1 is 1.24 bits per heavy atom. The van der Waals surface area contributed by atoms with Crippen molar-refractivity contribution < 1.29 is 24.2 Å². The van der Waals surface area contributed by atoms with Gasteiger partial charge in [0, 0.05) is 17.6 Å². The molecule has 0 radical (unpaired) electrons. The number of anilines is 1. The molecule has 0 saturated carbocycles. The van der Waals surface area contributed by atoms with Crippen molar-refractivity contribution >= 4 is 50.1 Å². The Morgan fingerprint density at radius 3 is 2.65 bits per heavy atom. The zero-order valence-corrected chi connectivity index (χ0v) is 20.6. The third kappa shape index (κ3) is 3.28. The van der Waals surface area contributed by atoms with E-state index < -0.39 is 35.6 Å². The highest BCUT2D eigenvalue weighted by atomic mass is 79.9. The predicted octanol–water partition coefficient (Wildman–Crippen LogP) is 2.04. The lowest BCUT2D eigenvalue weighted by molar-refractivity contribution is -0.144. The van der Waals surface area contributed by atoms with Crippen LogP contribution < -0.4 is 10.6 Å². The van der Waals surface area contributed by atoms with Crippen LogP contribution in [0.3, 0.4) is 0 Å². The predicted molar refractivity (Wildman–Crippen MR) is 130 cm³/mol. The van der Waals surface area contributed by atoms with Gasteiger partial charge in [-0.2, -0.15) is 0 Å². The van der Waals surface area contributed by atoms with Gasteiger partial charge >= 0.3 is 0 Å². The van der Waals surface area contributed by atoms with E-state index in [2.05, 4.69) is 26.6 Å². The van der Waals surface area contributed by atoms with Crippen LogP contribution >= 0.6 is 15.9 Å². The minimum atomic E-state index is -1.14. The lowest BCUT2D eigenvalue weighted by Crippen LogP contribution is -2.56. The average molecular weight is 530 g/mol. The number of hydrogen-bond donors (Lipinski definition) is 3. The Morgan fingerprint density at radius 2 is 1.97 bits per heavy atom. The van der Waals surface area contributed by atoms with E-state index in [1.165, 1.54) is 11.9 Å². The van der Waals surface area contributed by atoms with Gasteiger partial charge in [0.05, 0.1) is 30.6 Å². The van der Waals surface area contributed by atoms with Crippen molar-refractivity contribution in [3.05, 3.63) is 42.5 Å². The number of halogens is 1. The lowest BCUT2D eigenvalue weighted by atomic mass is 9.70. The van der Waals surface area contributed by atoms with Gasteiger partial charge in [-0.05, 0) is 35.7 Å². The van der Waals surface area contributed by atoms with E-state index in [-0.39, 0.29) is 29.2 Å². The Labute approximate surface area is 206 Å². The summed E-state index contributed by atoms with van der Waals surface area (Å²) < 4.78 is 6.40. The van der Waals surface area contributed by atoms with E-state index in [4.69, 9.17) is 4.74 Å². The first-order chi connectivity index (χ1) is 16.4. The molecule has 3 saturated heterocycles. The Bertz CT molecular complexity index is 1150. The van der Waals surface area contributed by atoms with Gasteiger partial charge in [-0.15, -0.1) is 0 Å². The average Bonchev–Trinajstić information content (AvgIpc) is 3.43. The van der Waals surface area contributed by atoms with Crippen LogP contribution in [0.25, 0.3) is 10.8 Å². The minimum Gasteiger partial charge on any atom is -0.394 e. The Balaban J connectivity index is 1.55. The first-order valence-electron chi connectivity index (χ1n) is 11.6. The summed E-state index contributed by atoms with van der Waals surface area (Å²) in [6.07, 6.45) is 0.396. The summed E-state index contributed by atoms with van der Waals surface area (Å²) in [6, 6.07) is 12.0. The molecule has 9 heteroatoms. The first kappa shape index (κ1) is 23.3. The molecule has 1 spiro atoms. The van der Waals surface area contributed by atoms with Gasteiger partial charge < -0.3 is 25.4 Å². The largest absolute Gasteiger partial charge is 0.394 e. The Hall–Kier alpha value is -2.49. The summed E-state index contributed by atoms with van der Waals surface area (Å²) >= 11 is 3.63. The first-order valence-corrected chi connectivity index (χ1v) is 12.5. The number of amides is 3. The molecule has 3 unspecified atom stereocenters. The fourth-order valence-electron chi connectivity index (χ4n) is 6.12. The van der Waals surface area contributed by atoms with Gasteiger partial charge in [-0.3, -0.25) is 14.4 Å². The van der Waals surface area contributed by atoms with Crippen LogP contribution in [0.4, 0.5) is 5.69 Å². The summed E-state index contributed by atoms with van der Waals surface area (Å²) in [4.78, 5) is 41.7. The normalized spacial score (nSPS) is 32.6. The highest BCUT2D eigenvalue weighted by Crippen LogP contribution is 2.60. The number of aliphatic hydroxyl groups is 1. The second-order valence-corrected chi connectivity index (χ2v) is 10.5. The van der Waals surface area contributed by atoms with Crippen LogP contribution in [-0.4, -0.2) is 70.0 Å². The molecule has 5 rings (SSSR count). The van der Waals surface area contributed by atoms with Crippen molar-refractivity contribution in [3.8, 4) is 0 Å². The molecule has 2 bridgehead atoms. The van der Waals surface area contributed by atoms with Gasteiger partial charge in [-0.25, -0.2) is 0 Å². The zero-order valence-electron chi connectivity index (χ0n) is 19.0. The number of aliphatic hydroxyl groups excluding tert-OH is 1. The molecule has 3 aliphatic rings. The molecule has 2 aromatic carbocycles. The molecule has 8 nitrogen and oxygen atoms in total. The molecule has 0 aromatic heterocycles. The molecular formula is C25H28BrN3O5. The van der Waals surface area contributed by atoms with Gasteiger partial charge in [0.25, 0.3) is 0 Å². The second kappa shape index (κ2) is 8.62. The molecule has 3 aliphatic heterocycles. The Kier molecular flexibility index (Phi) is 5.90. The van der Waals surface area contributed by atoms with Crippen molar-refractivity contribution in [1.29, 1.82) is 0 Å². The van der Waals surface area contributed by atoms with E-state index in [0.717, 1.165) is 10.8 Å². The van der Waals surface area contributed by atoms with E-state index in [1.807, 2.05) is 49.4 Å². The molecule has 7 atom stereocenters. The molecule has 180 valence electrons. The fraction of sp³-hybridized carbons (Fsp3) is 0.480. The van der Waals surface area contributed by atoms with Gasteiger partial charge in [0.1, 0.15) is 11.6 Å². The number of alkyl halides is 1. The van der Waals surface area contributed by atoms with Gasteiger partial charge in [0.15, 0.2) is 0 Å². The van der Waals surface area contributed by atoms with Crippen LogP contribution in [0.5, 0.6) is 0 Å². The third-order valence-corrected chi connectivity index (χ3v) is 8.46. The molecular weight excluding hydrogens is 502 g/mol. The topological polar surface area (TPSA) is 108 Å². The number of fused-ring (bicyclic) bond motifs is 2. The van der Waals surface area contributed by atoms with Crippen LogP contribution in [0.15, 0.2) is 42.5 Å². The summed E-state index contributed by atoms with van der Waals surface area (Å²) in [5.74, 6) is -2.44. The van der Waals surface area contributed by atoms with Crippen LogP contribution in [-0.2, 0) is 19.1 Å². The number of hydrogen-bond acceptors (Lipinski definition) is 5. The van der Waals surface area contributed by atoms with Crippen molar-refractivity contribution in [2.24, 2.45) is 11.8 Å². The lowest BCUT2D eigenvalue weighted by Gasteiger charge is -2.36. The quantitative estimate of drug-likeness (QED) is 0.496. The van der Waals surface area contributed by atoms with Crippen molar-refractivity contribution in [3.63, 3.8) is 0 Å². The van der Waals surface area contributed by atoms with E-state index in [1.54, 1.807) is 0 Å².